The zero-order valence-corrected chi connectivity index (χ0v) is 17.5. The van der Waals surface area contributed by atoms with Crippen molar-refractivity contribution in [2.24, 2.45) is 0 Å². The highest BCUT2D eigenvalue weighted by molar-refractivity contribution is 5.97. The molecule has 1 aromatic heterocycles. The normalized spacial score (nSPS) is 11.0. The van der Waals surface area contributed by atoms with Gasteiger partial charge in [0.2, 0.25) is 5.82 Å². The van der Waals surface area contributed by atoms with Crippen molar-refractivity contribution in [3.63, 3.8) is 0 Å². The van der Waals surface area contributed by atoms with Gasteiger partial charge in [0.1, 0.15) is 17.4 Å². The first-order chi connectivity index (χ1) is 15.0. The quantitative estimate of drug-likeness (QED) is 0.309. The van der Waals surface area contributed by atoms with Crippen molar-refractivity contribution in [1.82, 2.24) is 10.1 Å². The predicted molar refractivity (Wildman–Crippen MR) is 115 cm³/mol. The van der Waals surface area contributed by atoms with Crippen LogP contribution < -0.4 is 9.64 Å². The number of esters is 1. The summed E-state index contributed by atoms with van der Waals surface area (Å²) in [5.74, 6) is 0.299. The van der Waals surface area contributed by atoms with Crippen molar-refractivity contribution in [3.8, 4) is 23.2 Å². The van der Waals surface area contributed by atoms with Crippen LogP contribution in [0, 0.1) is 11.3 Å². The monoisotopic (exact) mass is 418 g/mol. The highest BCUT2D eigenvalue weighted by Gasteiger charge is 2.16. The highest BCUT2D eigenvalue weighted by Crippen LogP contribution is 2.27. The molecule has 2 aromatic carbocycles. The number of rotatable bonds is 8. The van der Waals surface area contributed by atoms with Crippen molar-refractivity contribution < 1.29 is 18.8 Å². The van der Waals surface area contributed by atoms with Gasteiger partial charge < -0.3 is 18.9 Å². The van der Waals surface area contributed by atoms with Crippen LogP contribution in [0.5, 0.6) is 5.75 Å². The summed E-state index contributed by atoms with van der Waals surface area (Å²) in [7, 11) is 3.86. The van der Waals surface area contributed by atoms with Gasteiger partial charge in [0.05, 0.1) is 12.2 Å². The van der Waals surface area contributed by atoms with Gasteiger partial charge >= 0.3 is 5.97 Å². The van der Waals surface area contributed by atoms with E-state index in [9.17, 15) is 10.1 Å². The Bertz CT molecular complexity index is 1110. The molecule has 158 valence electrons. The lowest BCUT2D eigenvalue weighted by Crippen LogP contribution is -2.08. The predicted octanol–water partition coefficient (Wildman–Crippen LogP) is 3.85. The van der Waals surface area contributed by atoms with Crippen LogP contribution in [0.2, 0.25) is 0 Å². The Balaban J connectivity index is 1.67. The maximum Gasteiger partial charge on any atom is 0.349 e. The molecular formula is C23H22N4O4. The largest absolute Gasteiger partial charge is 0.493 e. The van der Waals surface area contributed by atoms with Gasteiger partial charge in [0.25, 0.3) is 5.89 Å². The van der Waals surface area contributed by atoms with Crippen molar-refractivity contribution >= 4 is 17.7 Å². The molecule has 0 aliphatic carbocycles. The third-order valence-corrected chi connectivity index (χ3v) is 4.28. The number of hydrogen-bond donors (Lipinski definition) is 0. The van der Waals surface area contributed by atoms with E-state index < -0.39 is 5.97 Å². The SMILES string of the molecule is CCOc1ccccc1-c1noc(COC(=O)C(C#N)=Cc2ccc(N(C)C)cc2)n1. The molecule has 3 rings (SSSR count). The molecule has 0 aliphatic heterocycles. The Morgan fingerprint density at radius 3 is 2.61 bits per heavy atom. The van der Waals surface area contributed by atoms with E-state index in [0.717, 1.165) is 5.69 Å². The van der Waals surface area contributed by atoms with Crippen LogP contribution >= 0.6 is 0 Å². The lowest BCUT2D eigenvalue weighted by Gasteiger charge is -2.11. The number of hydrogen-bond acceptors (Lipinski definition) is 8. The van der Waals surface area contributed by atoms with Crippen LogP contribution in [-0.2, 0) is 16.1 Å². The summed E-state index contributed by atoms with van der Waals surface area (Å²) in [5, 5.41) is 13.3. The number of anilines is 1. The van der Waals surface area contributed by atoms with Gasteiger partial charge in [0, 0.05) is 19.8 Å². The second-order valence-electron chi connectivity index (χ2n) is 6.67. The molecule has 0 unspecified atom stereocenters. The van der Waals surface area contributed by atoms with Crippen LogP contribution in [0.1, 0.15) is 18.4 Å². The first kappa shape index (κ1) is 21.6. The van der Waals surface area contributed by atoms with E-state index in [0.29, 0.717) is 29.3 Å². The molecule has 0 saturated carbocycles. The van der Waals surface area contributed by atoms with Crippen molar-refractivity contribution in [3.05, 3.63) is 65.6 Å². The number of nitriles is 1. The van der Waals surface area contributed by atoms with Crippen LogP contribution in [-0.4, -0.2) is 36.8 Å². The van der Waals surface area contributed by atoms with Gasteiger partial charge in [-0.2, -0.15) is 10.2 Å². The second kappa shape index (κ2) is 10.1. The van der Waals surface area contributed by atoms with E-state index in [2.05, 4.69) is 10.1 Å². The molecule has 0 spiro atoms. The minimum Gasteiger partial charge on any atom is -0.493 e. The minimum atomic E-state index is -0.770. The highest BCUT2D eigenvalue weighted by atomic mass is 16.6. The smallest absolute Gasteiger partial charge is 0.349 e. The molecule has 8 nitrogen and oxygen atoms in total. The van der Waals surface area contributed by atoms with E-state index in [1.807, 2.05) is 80.5 Å². The van der Waals surface area contributed by atoms with Crippen LogP contribution in [0.25, 0.3) is 17.5 Å². The van der Waals surface area contributed by atoms with E-state index in [4.69, 9.17) is 14.0 Å². The Hall–Kier alpha value is -4.12. The third kappa shape index (κ3) is 5.48. The van der Waals surface area contributed by atoms with Gasteiger partial charge in [-0.25, -0.2) is 4.79 Å². The second-order valence-corrected chi connectivity index (χ2v) is 6.67. The third-order valence-electron chi connectivity index (χ3n) is 4.28. The number of carbonyl (C=O) groups excluding carboxylic acids is 1. The van der Waals surface area contributed by atoms with Crippen LogP contribution in [0.15, 0.2) is 58.6 Å². The fourth-order valence-corrected chi connectivity index (χ4v) is 2.73. The summed E-state index contributed by atoms with van der Waals surface area (Å²) in [5.41, 5.74) is 2.27. The van der Waals surface area contributed by atoms with E-state index >= 15 is 0 Å². The van der Waals surface area contributed by atoms with E-state index in [1.54, 1.807) is 0 Å². The number of carbonyl (C=O) groups is 1. The number of nitrogens with zero attached hydrogens (tertiary/aromatic N) is 4. The molecule has 0 fully saturated rings. The summed E-state index contributed by atoms with van der Waals surface area (Å²) >= 11 is 0. The zero-order chi connectivity index (χ0) is 22.2. The lowest BCUT2D eigenvalue weighted by molar-refractivity contribution is -0.140. The molecule has 0 aliphatic rings. The summed E-state index contributed by atoms with van der Waals surface area (Å²) in [4.78, 5) is 18.5. The lowest BCUT2D eigenvalue weighted by atomic mass is 10.1. The Morgan fingerprint density at radius 1 is 1.19 bits per heavy atom. The molecule has 0 bridgehead atoms. The molecule has 0 radical (unpaired) electrons. The number of benzene rings is 2. The molecule has 0 saturated heterocycles. The summed E-state index contributed by atoms with van der Waals surface area (Å²) in [6, 6.07) is 16.6. The number of aromatic nitrogens is 2. The number of para-hydroxylation sites is 1. The van der Waals surface area contributed by atoms with E-state index in [-0.39, 0.29) is 18.1 Å². The Kier molecular flexibility index (Phi) is 7.01. The average molecular weight is 418 g/mol. The van der Waals surface area contributed by atoms with Gasteiger partial charge in [-0.1, -0.05) is 29.4 Å². The maximum atomic E-state index is 12.3. The Labute approximate surface area is 180 Å². The molecule has 1 heterocycles. The van der Waals surface area contributed by atoms with Crippen LogP contribution in [0.4, 0.5) is 5.69 Å². The minimum absolute atomic E-state index is 0.113. The fourth-order valence-electron chi connectivity index (χ4n) is 2.73. The van der Waals surface area contributed by atoms with E-state index in [1.165, 1.54) is 6.08 Å². The van der Waals surface area contributed by atoms with Gasteiger partial charge in [0.15, 0.2) is 6.61 Å². The fraction of sp³-hybridized carbons (Fsp3) is 0.217. The topological polar surface area (TPSA) is 101 Å². The summed E-state index contributed by atoms with van der Waals surface area (Å²) in [6.45, 7) is 2.14. The Morgan fingerprint density at radius 2 is 1.94 bits per heavy atom. The van der Waals surface area contributed by atoms with Gasteiger partial charge in [-0.3, -0.25) is 0 Å². The average Bonchev–Trinajstić information content (AvgIpc) is 3.25. The number of ether oxygens (including phenoxy) is 2. The molecule has 3 aromatic rings. The maximum absolute atomic E-state index is 12.3. The van der Waals surface area contributed by atoms with Crippen molar-refractivity contribution in [2.75, 3.05) is 25.6 Å². The van der Waals surface area contributed by atoms with Crippen molar-refractivity contribution in [1.29, 1.82) is 5.26 Å². The molecule has 0 atom stereocenters. The van der Waals surface area contributed by atoms with Gasteiger partial charge in [-0.05, 0) is 42.8 Å². The molecular weight excluding hydrogens is 396 g/mol. The molecule has 0 amide bonds. The van der Waals surface area contributed by atoms with Crippen LogP contribution in [0.3, 0.4) is 0 Å². The standard InChI is InChI=1S/C23H22N4O4/c1-4-29-20-8-6-5-7-19(20)22-25-21(31-26-22)15-30-23(28)17(14-24)13-16-9-11-18(12-10-16)27(2)3/h5-13H,4,15H2,1-3H3. The zero-order valence-electron chi connectivity index (χ0n) is 17.5. The first-order valence-electron chi connectivity index (χ1n) is 9.63. The summed E-state index contributed by atoms with van der Waals surface area (Å²) < 4.78 is 15.9. The molecule has 8 heteroatoms. The van der Waals surface area contributed by atoms with Crippen molar-refractivity contribution in [2.45, 2.75) is 13.5 Å². The molecule has 0 N–H and O–H groups in total. The molecule has 31 heavy (non-hydrogen) atoms. The van der Waals surface area contributed by atoms with Gasteiger partial charge in [-0.15, -0.1) is 0 Å². The summed E-state index contributed by atoms with van der Waals surface area (Å²) in [6.07, 6.45) is 1.47. The first-order valence-corrected chi connectivity index (χ1v) is 9.63.